The Morgan fingerprint density at radius 1 is 0.923 bits per heavy atom. The topological polar surface area (TPSA) is 40.6 Å². The minimum atomic E-state index is -0.484. The van der Waals surface area contributed by atoms with Crippen LogP contribution in [0.25, 0.3) is 0 Å². The Morgan fingerprint density at radius 2 is 1.54 bits per heavy atom. The molecule has 2 aromatic rings. The molecule has 0 aromatic heterocycles. The van der Waals surface area contributed by atoms with Crippen molar-refractivity contribution in [2.75, 3.05) is 26.2 Å². The number of amides is 2. The molecule has 1 heterocycles. The summed E-state index contributed by atoms with van der Waals surface area (Å²) >= 11 is 11.8. The average molecular weight is 395 g/mol. The zero-order valence-corrected chi connectivity index (χ0v) is 15.4. The molecule has 0 aliphatic carbocycles. The van der Waals surface area contributed by atoms with Gasteiger partial charge in [0.15, 0.2) is 0 Å². The highest BCUT2D eigenvalue weighted by molar-refractivity contribution is 6.31. The first-order valence-electron chi connectivity index (χ1n) is 8.21. The maximum Gasteiger partial charge on any atom is 0.253 e. The summed E-state index contributed by atoms with van der Waals surface area (Å²) in [6, 6.07) is 11.1. The Labute approximate surface area is 161 Å². The van der Waals surface area contributed by atoms with E-state index in [-0.39, 0.29) is 28.8 Å². The summed E-state index contributed by atoms with van der Waals surface area (Å²) < 4.78 is 13.8. The van der Waals surface area contributed by atoms with Gasteiger partial charge in [0, 0.05) is 47.4 Å². The van der Waals surface area contributed by atoms with Crippen molar-refractivity contribution in [1.82, 2.24) is 9.80 Å². The zero-order chi connectivity index (χ0) is 18.7. The maximum atomic E-state index is 13.8. The molecule has 0 N–H and O–H groups in total. The molecule has 0 atom stereocenters. The second-order valence-electron chi connectivity index (χ2n) is 6.06. The van der Waals surface area contributed by atoms with Crippen molar-refractivity contribution in [3.63, 3.8) is 0 Å². The predicted octanol–water partition coefficient (Wildman–Crippen LogP) is 3.66. The molecular weight excluding hydrogens is 378 g/mol. The number of carbonyl (C=O) groups is 2. The van der Waals surface area contributed by atoms with Gasteiger partial charge in [0.05, 0.1) is 6.42 Å². The summed E-state index contributed by atoms with van der Waals surface area (Å²) in [4.78, 5) is 28.2. The van der Waals surface area contributed by atoms with Gasteiger partial charge in [-0.25, -0.2) is 4.39 Å². The highest BCUT2D eigenvalue weighted by atomic mass is 35.5. The molecule has 0 bridgehead atoms. The quantitative estimate of drug-likeness (QED) is 0.796. The number of hydrogen-bond donors (Lipinski definition) is 0. The lowest BCUT2D eigenvalue weighted by Gasteiger charge is -2.35. The lowest BCUT2D eigenvalue weighted by atomic mass is 10.1. The van der Waals surface area contributed by atoms with Crippen LogP contribution in [0.4, 0.5) is 4.39 Å². The lowest BCUT2D eigenvalue weighted by Crippen LogP contribution is -2.51. The van der Waals surface area contributed by atoms with Gasteiger partial charge in [-0.2, -0.15) is 0 Å². The second kappa shape index (κ2) is 8.06. The monoisotopic (exact) mass is 394 g/mol. The molecule has 1 aliphatic heterocycles. The van der Waals surface area contributed by atoms with E-state index in [4.69, 9.17) is 23.2 Å². The van der Waals surface area contributed by atoms with E-state index in [2.05, 4.69) is 0 Å². The third-order valence-corrected chi connectivity index (χ3v) is 5.01. The molecule has 1 fully saturated rings. The first-order chi connectivity index (χ1) is 12.5. The van der Waals surface area contributed by atoms with Crippen molar-refractivity contribution in [1.29, 1.82) is 0 Å². The van der Waals surface area contributed by atoms with Gasteiger partial charge in [-0.1, -0.05) is 29.3 Å². The molecule has 1 aliphatic rings. The lowest BCUT2D eigenvalue weighted by molar-refractivity contribution is -0.132. The maximum absolute atomic E-state index is 13.8. The number of carbonyl (C=O) groups excluding carboxylic acids is 2. The van der Waals surface area contributed by atoms with Crippen LogP contribution in [0.15, 0.2) is 42.5 Å². The van der Waals surface area contributed by atoms with Crippen LogP contribution in [0.1, 0.15) is 15.9 Å². The number of rotatable bonds is 3. The Bertz CT molecular complexity index is 799. The summed E-state index contributed by atoms with van der Waals surface area (Å²) in [5, 5.41) is 0.818. The van der Waals surface area contributed by atoms with E-state index in [1.165, 1.54) is 12.1 Å². The minimum Gasteiger partial charge on any atom is -0.339 e. The van der Waals surface area contributed by atoms with Gasteiger partial charge in [-0.3, -0.25) is 9.59 Å². The fourth-order valence-electron chi connectivity index (χ4n) is 2.90. The van der Waals surface area contributed by atoms with Crippen molar-refractivity contribution in [3.8, 4) is 0 Å². The van der Waals surface area contributed by atoms with Crippen LogP contribution in [-0.4, -0.2) is 47.8 Å². The van der Waals surface area contributed by atoms with E-state index in [9.17, 15) is 14.0 Å². The molecule has 3 rings (SSSR count). The van der Waals surface area contributed by atoms with Crippen molar-refractivity contribution < 1.29 is 14.0 Å². The first-order valence-corrected chi connectivity index (χ1v) is 8.97. The van der Waals surface area contributed by atoms with E-state index in [0.717, 1.165) is 0 Å². The molecular formula is C19H17Cl2FN2O2. The molecule has 2 aromatic carbocycles. The number of benzene rings is 2. The average Bonchev–Trinajstić information content (AvgIpc) is 2.65. The fraction of sp³-hybridized carbons (Fsp3) is 0.263. The van der Waals surface area contributed by atoms with E-state index in [0.29, 0.717) is 36.8 Å². The van der Waals surface area contributed by atoms with Gasteiger partial charge in [0.1, 0.15) is 5.82 Å². The van der Waals surface area contributed by atoms with Crippen LogP contribution >= 0.6 is 23.2 Å². The van der Waals surface area contributed by atoms with Gasteiger partial charge in [-0.05, 0) is 36.4 Å². The van der Waals surface area contributed by atoms with Crippen LogP contribution in [-0.2, 0) is 11.2 Å². The third-order valence-electron chi connectivity index (χ3n) is 4.40. The Hall–Kier alpha value is -2.11. The molecule has 0 unspecified atom stereocenters. The Morgan fingerprint density at radius 3 is 2.15 bits per heavy atom. The van der Waals surface area contributed by atoms with Crippen LogP contribution in [0, 0.1) is 5.82 Å². The van der Waals surface area contributed by atoms with Crippen molar-refractivity contribution >= 4 is 35.0 Å². The van der Waals surface area contributed by atoms with Crippen LogP contribution in [0.2, 0.25) is 10.0 Å². The van der Waals surface area contributed by atoms with Crippen molar-refractivity contribution in [2.45, 2.75) is 6.42 Å². The number of nitrogens with zero attached hydrogens (tertiary/aromatic N) is 2. The summed E-state index contributed by atoms with van der Waals surface area (Å²) in [6.07, 6.45) is -0.0867. The first kappa shape index (κ1) is 18.7. The molecule has 0 saturated carbocycles. The van der Waals surface area contributed by atoms with Crippen molar-refractivity contribution in [3.05, 3.63) is 69.5 Å². The largest absolute Gasteiger partial charge is 0.339 e. The van der Waals surface area contributed by atoms with E-state index >= 15 is 0 Å². The molecule has 2 amide bonds. The minimum absolute atomic E-state index is 0.0867. The number of hydrogen-bond acceptors (Lipinski definition) is 2. The molecule has 136 valence electrons. The van der Waals surface area contributed by atoms with E-state index < -0.39 is 5.82 Å². The Kier molecular flexibility index (Phi) is 5.79. The number of piperazine rings is 1. The summed E-state index contributed by atoms with van der Waals surface area (Å²) in [6.45, 7) is 1.67. The number of halogens is 3. The van der Waals surface area contributed by atoms with Crippen LogP contribution < -0.4 is 0 Å². The summed E-state index contributed by atoms with van der Waals surface area (Å²) in [7, 11) is 0. The molecule has 26 heavy (non-hydrogen) atoms. The molecule has 1 saturated heterocycles. The van der Waals surface area contributed by atoms with Crippen LogP contribution in [0.3, 0.4) is 0 Å². The predicted molar refractivity (Wildman–Crippen MR) is 99.0 cm³/mol. The molecule has 4 nitrogen and oxygen atoms in total. The van der Waals surface area contributed by atoms with E-state index in [1.807, 2.05) is 0 Å². The van der Waals surface area contributed by atoms with Gasteiger partial charge < -0.3 is 9.80 Å². The Balaban J connectivity index is 1.58. The van der Waals surface area contributed by atoms with Crippen LogP contribution in [0.5, 0.6) is 0 Å². The SMILES string of the molecule is O=C(Cc1c(F)cccc1Cl)N1CCN(C(=O)c2ccc(Cl)cc2)CC1. The normalized spacial score (nSPS) is 14.4. The van der Waals surface area contributed by atoms with Gasteiger partial charge in [-0.15, -0.1) is 0 Å². The van der Waals surface area contributed by atoms with Gasteiger partial charge in [0.25, 0.3) is 5.91 Å². The fourth-order valence-corrected chi connectivity index (χ4v) is 3.25. The van der Waals surface area contributed by atoms with Gasteiger partial charge in [0.2, 0.25) is 5.91 Å². The summed E-state index contributed by atoms with van der Waals surface area (Å²) in [5.74, 6) is -0.774. The van der Waals surface area contributed by atoms with E-state index in [1.54, 1.807) is 40.1 Å². The zero-order valence-electron chi connectivity index (χ0n) is 13.9. The highest BCUT2D eigenvalue weighted by Crippen LogP contribution is 2.20. The summed E-state index contributed by atoms with van der Waals surface area (Å²) in [5.41, 5.74) is 0.770. The smallest absolute Gasteiger partial charge is 0.253 e. The molecule has 0 spiro atoms. The second-order valence-corrected chi connectivity index (χ2v) is 6.90. The molecule has 7 heteroatoms. The highest BCUT2D eigenvalue weighted by Gasteiger charge is 2.25. The molecule has 0 radical (unpaired) electrons. The van der Waals surface area contributed by atoms with Gasteiger partial charge >= 0.3 is 0 Å². The van der Waals surface area contributed by atoms with Crippen molar-refractivity contribution in [2.24, 2.45) is 0 Å². The third kappa shape index (κ3) is 4.17. The standard InChI is InChI=1S/C19H17Cl2FN2O2/c20-14-6-4-13(5-7-14)19(26)24-10-8-23(9-11-24)18(25)12-15-16(21)2-1-3-17(15)22/h1-7H,8-12H2.